The average molecular weight is 545 g/mol. The molecule has 0 N–H and O–H groups in total. The third kappa shape index (κ3) is 5.18. The molecule has 0 saturated heterocycles. The van der Waals surface area contributed by atoms with E-state index in [4.69, 9.17) is 16.3 Å². The molecule has 0 spiro atoms. The molecule has 1 fully saturated rings. The van der Waals surface area contributed by atoms with Crippen molar-refractivity contribution in [2.24, 2.45) is 0 Å². The monoisotopic (exact) mass is 544 g/mol. The van der Waals surface area contributed by atoms with Crippen LogP contribution < -0.4 is 4.74 Å². The zero-order chi connectivity index (χ0) is 25.4. The van der Waals surface area contributed by atoms with Crippen molar-refractivity contribution in [2.45, 2.75) is 50.1 Å². The molecule has 3 aromatic rings. The van der Waals surface area contributed by atoms with Crippen LogP contribution in [0.25, 0.3) is 0 Å². The van der Waals surface area contributed by atoms with Crippen molar-refractivity contribution in [3.63, 3.8) is 0 Å². The Morgan fingerprint density at radius 2 is 1.89 bits per heavy atom. The molecule has 0 bridgehead atoms. The number of carbonyl (C=O) groups excluding carboxylic acids is 1. The maximum absolute atomic E-state index is 13.7. The minimum absolute atomic E-state index is 0.152. The molecule has 0 unspecified atom stereocenters. The van der Waals surface area contributed by atoms with E-state index >= 15 is 0 Å². The van der Waals surface area contributed by atoms with Crippen LogP contribution in [0, 0.1) is 13.8 Å². The zero-order valence-electron chi connectivity index (χ0n) is 20.3. The van der Waals surface area contributed by atoms with E-state index in [9.17, 15) is 13.2 Å². The van der Waals surface area contributed by atoms with Crippen LogP contribution in [0.1, 0.15) is 40.5 Å². The molecular formula is C27H29ClN2O4S2. The molecule has 2 heterocycles. The number of halogens is 1. The summed E-state index contributed by atoms with van der Waals surface area (Å²) in [6.45, 7) is 4.71. The van der Waals surface area contributed by atoms with E-state index in [0.29, 0.717) is 18.2 Å². The van der Waals surface area contributed by atoms with Crippen molar-refractivity contribution < 1.29 is 17.9 Å². The Balaban J connectivity index is 1.38. The molecule has 36 heavy (non-hydrogen) atoms. The topological polar surface area (TPSA) is 66.9 Å². The van der Waals surface area contributed by atoms with Gasteiger partial charge in [0, 0.05) is 22.5 Å². The number of amides is 1. The van der Waals surface area contributed by atoms with Gasteiger partial charge in [-0.1, -0.05) is 29.3 Å². The lowest BCUT2D eigenvalue weighted by Crippen LogP contribution is -2.48. The fourth-order valence-electron chi connectivity index (χ4n) is 4.74. The van der Waals surface area contributed by atoms with Crippen LogP contribution in [0.5, 0.6) is 5.75 Å². The zero-order valence-corrected chi connectivity index (χ0v) is 22.7. The normalized spacial score (nSPS) is 17.8. The van der Waals surface area contributed by atoms with E-state index < -0.39 is 10.0 Å². The number of carbonyl (C=O) groups is 1. The lowest BCUT2D eigenvalue weighted by molar-refractivity contribution is -0.135. The van der Waals surface area contributed by atoms with Gasteiger partial charge in [-0.05, 0) is 86.0 Å². The van der Waals surface area contributed by atoms with Gasteiger partial charge < -0.3 is 9.64 Å². The quantitative estimate of drug-likeness (QED) is 0.382. The van der Waals surface area contributed by atoms with Crippen molar-refractivity contribution in [1.82, 2.24) is 9.21 Å². The first kappa shape index (κ1) is 25.3. The lowest BCUT2D eigenvalue weighted by atomic mass is 10.0. The molecule has 5 rings (SSSR count). The Kier molecular flexibility index (Phi) is 7.14. The SMILES string of the molecule is Cc1ccc(OC[C@H]2c3ccsc3CCN2C(=O)CN(C2CC2)S(=O)(=O)c2ccc(Cl)cc2)c(C)c1. The predicted molar refractivity (Wildman–Crippen MR) is 142 cm³/mol. The van der Waals surface area contributed by atoms with Gasteiger partial charge in [0.05, 0.1) is 17.5 Å². The van der Waals surface area contributed by atoms with Crippen LogP contribution in [-0.4, -0.2) is 49.3 Å². The first-order chi connectivity index (χ1) is 17.2. The molecule has 2 aromatic carbocycles. The summed E-state index contributed by atoms with van der Waals surface area (Å²) < 4.78 is 34.5. The summed E-state index contributed by atoms with van der Waals surface area (Å²) in [6, 6.07) is 13.8. The van der Waals surface area contributed by atoms with E-state index in [2.05, 4.69) is 12.1 Å². The van der Waals surface area contributed by atoms with E-state index in [0.717, 1.165) is 41.7 Å². The van der Waals surface area contributed by atoms with Gasteiger partial charge in [0.15, 0.2) is 0 Å². The Hall–Kier alpha value is -2.39. The van der Waals surface area contributed by atoms with Gasteiger partial charge in [-0.15, -0.1) is 11.3 Å². The third-order valence-corrected chi connectivity index (χ3v) is 9.97. The van der Waals surface area contributed by atoms with Gasteiger partial charge in [-0.25, -0.2) is 8.42 Å². The van der Waals surface area contributed by atoms with E-state index in [1.807, 2.05) is 31.4 Å². The number of rotatable bonds is 8. The van der Waals surface area contributed by atoms with Gasteiger partial charge in [-0.3, -0.25) is 4.79 Å². The molecule has 1 saturated carbocycles. The fraction of sp³-hybridized carbons (Fsp3) is 0.370. The molecule has 1 atom stereocenters. The molecule has 2 aliphatic rings. The van der Waals surface area contributed by atoms with Crippen LogP contribution in [0.15, 0.2) is 58.8 Å². The molecule has 0 radical (unpaired) electrons. The van der Waals surface area contributed by atoms with Crippen molar-refractivity contribution in [3.8, 4) is 5.75 Å². The highest BCUT2D eigenvalue weighted by molar-refractivity contribution is 7.89. The first-order valence-corrected chi connectivity index (χ1v) is 14.8. The minimum Gasteiger partial charge on any atom is -0.491 e. The van der Waals surface area contributed by atoms with Gasteiger partial charge in [0.25, 0.3) is 0 Å². The highest BCUT2D eigenvalue weighted by atomic mass is 35.5. The summed E-state index contributed by atoms with van der Waals surface area (Å²) in [5.41, 5.74) is 3.29. The van der Waals surface area contributed by atoms with Crippen LogP contribution >= 0.6 is 22.9 Å². The van der Waals surface area contributed by atoms with Crippen LogP contribution in [0.2, 0.25) is 5.02 Å². The summed E-state index contributed by atoms with van der Waals surface area (Å²) in [5, 5.41) is 2.51. The molecule has 9 heteroatoms. The summed E-state index contributed by atoms with van der Waals surface area (Å²) >= 11 is 7.65. The number of thiophene rings is 1. The largest absolute Gasteiger partial charge is 0.491 e. The summed E-state index contributed by atoms with van der Waals surface area (Å²) in [7, 11) is -3.82. The fourth-order valence-corrected chi connectivity index (χ4v) is 7.43. The average Bonchev–Trinajstić information content (AvgIpc) is 3.57. The number of hydrogen-bond acceptors (Lipinski definition) is 5. The highest BCUT2D eigenvalue weighted by Crippen LogP contribution is 2.36. The van der Waals surface area contributed by atoms with Gasteiger partial charge in [-0.2, -0.15) is 4.31 Å². The number of nitrogens with zero attached hydrogens (tertiary/aromatic N) is 2. The molecular weight excluding hydrogens is 516 g/mol. The Labute approximate surface area is 221 Å². The van der Waals surface area contributed by atoms with Gasteiger partial charge in [0.2, 0.25) is 15.9 Å². The van der Waals surface area contributed by atoms with Crippen LogP contribution in [0.3, 0.4) is 0 Å². The second-order valence-electron chi connectivity index (χ2n) is 9.47. The Morgan fingerprint density at radius 1 is 1.14 bits per heavy atom. The number of sulfonamides is 1. The summed E-state index contributed by atoms with van der Waals surface area (Å²) in [4.78, 5) is 16.9. The number of benzene rings is 2. The van der Waals surface area contributed by atoms with Crippen LogP contribution in [-0.2, 0) is 21.2 Å². The lowest BCUT2D eigenvalue weighted by Gasteiger charge is -2.37. The second-order valence-corrected chi connectivity index (χ2v) is 12.8. The van der Waals surface area contributed by atoms with Crippen molar-refractivity contribution in [1.29, 1.82) is 0 Å². The maximum atomic E-state index is 13.7. The summed E-state index contributed by atoms with van der Waals surface area (Å²) in [5.74, 6) is 0.589. The number of fused-ring (bicyclic) bond motifs is 1. The first-order valence-electron chi connectivity index (χ1n) is 12.1. The maximum Gasteiger partial charge on any atom is 0.243 e. The third-order valence-electron chi connectivity index (χ3n) is 6.81. The number of ether oxygens (including phenoxy) is 1. The number of aryl methyl sites for hydroxylation is 2. The predicted octanol–water partition coefficient (Wildman–Crippen LogP) is 5.38. The second kappa shape index (κ2) is 10.2. The van der Waals surface area contributed by atoms with E-state index in [-0.39, 0.29) is 29.4 Å². The minimum atomic E-state index is -3.82. The molecule has 1 aromatic heterocycles. The van der Waals surface area contributed by atoms with Gasteiger partial charge >= 0.3 is 0 Å². The Bertz CT molecular complexity index is 1370. The summed E-state index contributed by atoms with van der Waals surface area (Å²) in [6.07, 6.45) is 2.27. The van der Waals surface area contributed by atoms with E-state index in [1.165, 1.54) is 21.3 Å². The molecule has 1 amide bonds. The number of hydrogen-bond donors (Lipinski definition) is 0. The van der Waals surface area contributed by atoms with Crippen LogP contribution in [0.4, 0.5) is 0 Å². The molecule has 6 nitrogen and oxygen atoms in total. The molecule has 190 valence electrons. The molecule has 1 aliphatic carbocycles. The van der Waals surface area contributed by atoms with E-state index in [1.54, 1.807) is 28.4 Å². The van der Waals surface area contributed by atoms with Gasteiger partial charge in [0.1, 0.15) is 12.4 Å². The van der Waals surface area contributed by atoms with Crippen molar-refractivity contribution >= 4 is 38.9 Å². The highest BCUT2D eigenvalue weighted by Gasteiger charge is 2.41. The molecule has 1 aliphatic heterocycles. The standard InChI is InChI=1S/C27H29ClN2O4S2/c1-18-3-10-25(19(2)15-18)34-17-24-23-12-14-35-26(23)11-13-29(24)27(31)16-30(21-6-7-21)36(32,33)22-8-4-20(28)5-9-22/h3-5,8-10,12,14-15,21,24H,6-7,11,13,16-17H2,1-2H3/t24-/m0/s1. The Morgan fingerprint density at radius 3 is 2.58 bits per heavy atom. The van der Waals surface area contributed by atoms with Crippen molar-refractivity contribution in [2.75, 3.05) is 19.7 Å². The smallest absolute Gasteiger partial charge is 0.243 e. The van der Waals surface area contributed by atoms with Crippen molar-refractivity contribution in [3.05, 3.63) is 80.5 Å².